The Balaban J connectivity index is 1.81. The maximum Gasteiger partial charge on any atom is 0.251 e. The second kappa shape index (κ2) is 7.07. The lowest BCUT2D eigenvalue weighted by molar-refractivity contribution is 0.0953. The Morgan fingerprint density at radius 3 is 2.43 bits per heavy atom. The molecule has 0 fully saturated rings. The van der Waals surface area contributed by atoms with E-state index in [4.69, 9.17) is 9.84 Å². The molecule has 7 heteroatoms. The number of aryl methyl sites for hydroxylation is 2. The monoisotopic (exact) mass is 377 g/mol. The zero-order chi connectivity index (χ0) is 19.8. The van der Waals surface area contributed by atoms with Crippen LogP contribution in [0.1, 0.15) is 40.8 Å². The number of nitrogens with zero attached hydrogens (tertiary/aromatic N) is 4. The van der Waals surface area contributed by atoms with E-state index in [-0.39, 0.29) is 11.7 Å². The van der Waals surface area contributed by atoms with Gasteiger partial charge in [-0.2, -0.15) is 0 Å². The van der Waals surface area contributed by atoms with Crippen molar-refractivity contribution in [3.05, 3.63) is 53.0 Å². The fourth-order valence-corrected chi connectivity index (χ4v) is 3.62. The predicted octanol–water partition coefficient (Wildman–Crippen LogP) is 3.80. The summed E-state index contributed by atoms with van der Waals surface area (Å²) >= 11 is 0. The first kappa shape index (κ1) is 18.2. The number of carbonyl (C=O) groups excluding carboxylic acids is 1. The molecule has 1 aromatic carbocycles. The van der Waals surface area contributed by atoms with E-state index >= 15 is 0 Å². The minimum atomic E-state index is 0.0976. The first-order valence-corrected chi connectivity index (χ1v) is 9.33. The Kier molecular flexibility index (Phi) is 4.58. The van der Waals surface area contributed by atoms with Crippen molar-refractivity contribution in [1.82, 2.24) is 19.7 Å². The molecule has 0 spiro atoms. The van der Waals surface area contributed by atoms with Crippen LogP contribution in [0.3, 0.4) is 0 Å². The van der Waals surface area contributed by atoms with Crippen LogP contribution in [0.15, 0.2) is 30.3 Å². The van der Waals surface area contributed by atoms with Crippen molar-refractivity contribution in [2.45, 2.75) is 33.6 Å². The largest absolute Gasteiger partial charge is 0.497 e. The smallest absolute Gasteiger partial charge is 0.251 e. The summed E-state index contributed by atoms with van der Waals surface area (Å²) in [4.78, 5) is 21.9. The van der Waals surface area contributed by atoms with Gasteiger partial charge >= 0.3 is 0 Å². The lowest BCUT2D eigenvalue weighted by atomic mass is 9.88. The molecule has 0 radical (unpaired) electrons. The molecule has 1 N–H and O–H groups in total. The lowest BCUT2D eigenvalue weighted by Gasteiger charge is -2.19. The minimum Gasteiger partial charge on any atom is -0.497 e. The van der Waals surface area contributed by atoms with Crippen LogP contribution >= 0.6 is 0 Å². The number of aromatic nitrogens is 4. The number of hydrogen-bond donors (Lipinski definition) is 1. The van der Waals surface area contributed by atoms with Crippen molar-refractivity contribution in [3.63, 3.8) is 0 Å². The van der Waals surface area contributed by atoms with Gasteiger partial charge in [0, 0.05) is 23.5 Å². The molecule has 144 valence electrons. The first-order chi connectivity index (χ1) is 13.4. The zero-order valence-electron chi connectivity index (χ0n) is 16.5. The fraction of sp³-hybridized carbons (Fsp3) is 0.333. The maximum absolute atomic E-state index is 12.8. The highest BCUT2D eigenvalue weighted by molar-refractivity contribution is 6.03. The number of ether oxygens (including phenoxy) is 1. The van der Waals surface area contributed by atoms with Crippen LogP contribution in [-0.4, -0.2) is 32.6 Å². The molecule has 1 aliphatic rings. The van der Waals surface area contributed by atoms with Gasteiger partial charge in [0.15, 0.2) is 11.6 Å². The highest BCUT2D eigenvalue weighted by Gasteiger charge is 2.31. The van der Waals surface area contributed by atoms with Crippen molar-refractivity contribution in [2.24, 2.45) is 5.92 Å². The maximum atomic E-state index is 12.8. The van der Waals surface area contributed by atoms with Gasteiger partial charge in [0.05, 0.1) is 18.4 Å². The standard InChI is InChI=1S/C21H23N5O2/c1-12-9-17-19(18(27)10-12)20(24-15-5-7-16(28-4)8-6-15)25-26(17)21-22-13(2)11-14(3)23-21/h5-8,11-12H,9-10H2,1-4H3,(H,24,25). The van der Waals surface area contributed by atoms with E-state index in [1.807, 2.05) is 44.2 Å². The topological polar surface area (TPSA) is 81.9 Å². The van der Waals surface area contributed by atoms with Gasteiger partial charge in [0.2, 0.25) is 0 Å². The molecule has 0 aliphatic heterocycles. The third-order valence-corrected chi connectivity index (χ3v) is 4.85. The molecule has 4 rings (SSSR count). The number of rotatable bonds is 4. The van der Waals surface area contributed by atoms with Crippen molar-refractivity contribution < 1.29 is 9.53 Å². The van der Waals surface area contributed by atoms with Gasteiger partial charge in [0.25, 0.3) is 5.95 Å². The molecule has 3 aromatic rings. The van der Waals surface area contributed by atoms with Crippen molar-refractivity contribution in [3.8, 4) is 11.7 Å². The molecule has 28 heavy (non-hydrogen) atoms. The van der Waals surface area contributed by atoms with Gasteiger partial charge in [-0.1, -0.05) is 6.92 Å². The highest BCUT2D eigenvalue weighted by Crippen LogP contribution is 2.33. The van der Waals surface area contributed by atoms with Gasteiger partial charge in [-0.15, -0.1) is 5.10 Å². The Labute approximate surface area is 163 Å². The Bertz CT molecular complexity index is 1020. The molecule has 0 saturated carbocycles. The van der Waals surface area contributed by atoms with E-state index in [2.05, 4.69) is 22.2 Å². The molecule has 1 unspecified atom stereocenters. The number of anilines is 2. The Hall–Kier alpha value is -3.22. The van der Waals surface area contributed by atoms with Crippen LogP contribution in [0.2, 0.25) is 0 Å². The van der Waals surface area contributed by atoms with Crippen molar-refractivity contribution in [1.29, 1.82) is 0 Å². The number of methoxy groups -OCH3 is 1. The lowest BCUT2D eigenvalue weighted by Crippen LogP contribution is -2.20. The van der Waals surface area contributed by atoms with E-state index in [9.17, 15) is 4.79 Å². The normalized spacial score (nSPS) is 16.0. The molecule has 1 atom stereocenters. The average molecular weight is 377 g/mol. The molecule has 7 nitrogen and oxygen atoms in total. The molecule has 0 saturated heterocycles. The predicted molar refractivity (Wildman–Crippen MR) is 107 cm³/mol. The molecule has 0 amide bonds. The van der Waals surface area contributed by atoms with E-state index < -0.39 is 0 Å². The number of ketones is 1. The van der Waals surface area contributed by atoms with Gasteiger partial charge in [0.1, 0.15) is 5.75 Å². The van der Waals surface area contributed by atoms with Gasteiger partial charge in [-0.25, -0.2) is 14.6 Å². The van der Waals surface area contributed by atoms with Crippen LogP contribution < -0.4 is 10.1 Å². The van der Waals surface area contributed by atoms with Crippen LogP contribution in [0.25, 0.3) is 5.95 Å². The first-order valence-electron chi connectivity index (χ1n) is 9.33. The second-order valence-corrected chi connectivity index (χ2v) is 7.32. The summed E-state index contributed by atoms with van der Waals surface area (Å²) in [7, 11) is 1.63. The van der Waals surface area contributed by atoms with Crippen LogP contribution in [0.5, 0.6) is 5.75 Å². The summed E-state index contributed by atoms with van der Waals surface area (Å²) in [6, 6.07) is 9.44. The molecule has 2 aromatic heterocycles. The van der Waals surface area contributed by atoms with Crippen LogP contribution in [-0.2, 0) is 6.42 Å². The van der Waals surface area contributed by atoms with E-state index in [1.54, 1.807) is 11.8 Å². The second-order valence-electron chi connectivity index (χ2n) is 7.32. The Morgan fingerprint density at radius 1 is 1.11 bits per heavy atom. The quantitative estimate of drug-likeness (QED) is 0.745. The number of carbonyl (C=O) groups is 1. The van der Waals surface area contributed by atoms with Gasteiger partial charge < -0.3 is 10.1 Å². The molecule has 1 aliphatic carbocycles. The number of hydrogen-bond acceptors (Lipinski definition) is 6. The molecular weight excluding hydrogens is 354 g/mol. The minimum absolute atomic E-state index is 0.0976. The van der Waals surface area contributed by atoms with E-state index in [0.29, 0.717) is 23.8 Å². The summed E-state index contributed by atoms with van der Waals surface area (Å²) < 4.78 is 6.92. The molecule has 0 bridgehead atoms. The van der Waals surface area contributed by atoms with Crippen LogP contribution in [0, 0.1) is 19.8 Å². The average Bonchev–Trinajstić information content (AvgIpc) is 3.00. The van der Waals surface area contributed by atoms with E-state index in [1.165, 1.54) is 0 Å². The SMILES string of the molecule is COc1ccc(Nc2nn(-c3nc(C)cc(C)n3)c3c2C(=O)CC(C)C3)cc1. The highest BCUT2D eigenvalue weighted by atomic mass is 16.5. The third-order valence-electron chi connectivity index (χ3n) is 4.85. The zero-order valence-corrected chi connectivity index (χ0v) is 16.5. The molecular formula is C21H23N5O2. The summed E-state index contributed by atoms with van der Waals surface area (Å²) in [5.41, 5.74) is 4.07. The Morgan fingerprint density at radius 2 is 1.79 bits per heavy atom. The summed E-state index contributed by atoms with van der Waals surface area (Å²) in [5, 5.41) is 7.98. The number of Topliss-reactive ketones (excluding diaryl/α,β-unsaturated/α-hetero) is 1. The number of fused-ring (bicyclic) bond motifs is 1. The van der Waals surface area contributed by atoms with Gasteiger partial charge in [-0.05, 0) is 56.5 Å². The summed E-state index contributed by atoms with van der Waals surface area (Å²) in [6.45, 7) is 5.94. The number of nitrogens with one attached hydrogen (secondary N) is 1. The van der Waals surface area contributed by atoms with E-state index in [0.717, 1.165) is 34.9 Å². The fourth-order valence-electron chi connectivity index (χ4n) is 3.62. The van der Waals surface area contributed by atoms with Crippen molar-refractivity contribution >= 4 is 17.3 Å². The van der Waals surface area contributed by atoms with Gasteiger partial charge in [-0.3, -0.25) is 4.79 Å². The third kappa shape index (κ3) is 3.35. The van der Waals surface area contributed by atoms with Crippen molar-refractivity contribution in [2.75, 3.05) is 12.4 Å². The summed E-state index contributed by atoms with van der Waals surface area (Å²) in [5.74, 6) is 2.17. The van der Waals surface area contributed by atoms with Crippen LogP contribution in [0.4, 0.5) is 11.5 Å². The number of benzene rings is 1. The molecule has 2 heterocycles. The summed E-state index contributed by atoms with van der Waals surface area (Å²) in [6.07, 6.45) is 1.28.